The molecule has 0 radical (unpaired) electrons. The third kappa shape index (κ3) is 4.72. The van der Waals surface area contributed by atoms with Crippen molar-refractivity contribution in [3.63, 3.8) is 0 Å². The highest BCUT2D eigenvalue weighted by molar-refractivity contribution is 5.69. The Bertz CT molecular complexity index is 1480. The second-order valence-corrected chi connectivity index (χ2v) is 9.91. The number of rotatable bonds is 5. The molecule has 0 spiro atoms. The van der Waals surface area contributed by atoms with E-state index in [9.17, 15) is 13.2 Å². The molecule has 1 saturated heterocycles. The summed E-state index contributed by atoms with van der Waals surface area (Å²) in [7, 11) is 0. The number of ether oxygens (including phenoxy) is 1. The summed E-state index contributed by atoms with van der Waals surface area (Å²) in [5, 5.41) is 3.93. The van der Waals surface area contributed by atoms with E-state index in [1.807, 2.05) is 10.6 Å². The summed E-state index contributed by atoms with van der Waals surface area (Å²) in [5.74, 6) is 2.46. The number of hydrogen-bond donors (Lipinski definition) is 0. The van der Waals surface area contributed by atoms with Crippen molar-refractivity contribution in [3.8, 4) is 28.7 Å². The zero-order valence-electron chi connectivity index (χ0n) is 21.2. The monoisotopic (exact) mass is 523 g/mol. The van der Waals surface area contributed by atoms with Crippen molar-refractivity contribution < 1.29 is 17.9 Å². The zero-order chi connectivity index (χ0) is 26.4. The van der Waals surface area contributed by atoms with E-state index < -0.39 is 12.7 Å². The van der Waals surface area contributed by atoms with Gasteiger partial charge in [0.15, 0.2) is 5.82 Å². The van der Waals surface area contributed by atoms with E-state index in [0.717, 1.165) is 36.3 Å². The van der Waals surface area contributed by atoms with Crippen molar-refractivity contribution in [2.45, 2.75) is 58.4 Å². The number of hydrogen-bond acceptors (Lipinski definition) is 6. The molecule has 2 aliphatic heterocycles. The molecule has 198 valence electrons. The smallest absolute Gasteiger partial charge is 0.408 e. The molecule has 0 bridgehead atoms. The van der Waals surface area contributed by atoms with Crippen LogP contribution in [-0.2, 0) is 19.5 Å². The molecule has 11 heteroatoms. The van der Waals surface area contributed by atoms with Crippen molar-refractivity contribution in [2.75, 3.05) is 18.1 Å². The number of aromatic nitrogens is 6. The first-order valence-corrected chi connectivity index (χ1v) is 12.8. The average Bonchev–Trinajstić information content (AvgIpc) is 3.56. The van der Waals surface area contributed by atoms with Gasteiger partial charge in [-0.05, 0) is 44.2 Å². The van der Waals surface area contributed by atoms with Gasteiger partial charge in [0.05, 0.1) is 12.1 Å². The van der Waals surface area contributed by atoms with E-state index in [-0.39, 0.29) is 11.6 Å². The molecule has 0 amide bonds. The van der Waals surface area contributed by atoms with Crippen LogP contribution in [0.15, 0.2) is 42.7 Å². The van der Waals surface area contributed by atoms with Gasteiger partial charge in [0.1, 0.15) is 42.1 Å². The average molecular weight is 524 g/mol. The van der Waals surface area contributed by atoms with Crippen molar-refractivity contribution in [1.29, 1.82) is 0 Å². The molecule has 3 aromatic heterocycles. The Labute approximate surface area is 218 Å². The standard InChI is InChI=1S/C27H28F3N7O/c1-17-6-3-4-7-19(17)12-20-8-5-9-36(20)24-13-23-21(14-31-24)25-33-22(15-35(25)10-11-38-23)26-32-18(2)34-37(26)16-27(28,29)30/h3-4,6-7,13-15,20H,5,8-12,16H2,1-2H3. The third-order valence-corrected chi connectivity index (χ3v) is 7.18. The van der Waals surface area contributed by atoms with Crippen LogP contribution in [0.4, 0.5) is 19.0 Å². The maximum atomic E-state index is 13.1. The van der Waals surface area contributed by atoms with Gasteiger partial charge in [-0.15, -0.1) is 0 Å². The normalized spacial score (nSPS) is 17.2. The molecule has 0 saturated carbocycles. The number of fused-ring (bicyclic) bond motifs is 3. The number of benzene rings is 1. The lowest BCUT2D eigenvalue weighted by atomic mass is 10.00. The van der Waals surface area contributed by atoms with Crippen LogP contribution < -0.4 is 9.64 Å². The first-order valence-electron chi connectivity index (χ1n) is 12.8. The molecule has 0 aliphatic carbocycles. The minimum Gasteiger partial charge on any atom is -0.491 e. The number of imidazole rings is 1. The van der Waals surface area contributed by atoms with Crippen LogP contribution in [0, 0.1) is 13.8 Å². The molecule has 0 N–H and O–H groups in total. The lowest BCUT2D eigenvalue weighted by Gasteiger charge is -2.27. The number of aryl methyl sites for hydroxylation is 2. The molecule has 2 aliphatic rings. The van der Waals surface area contributed by atoms with Gasteiger partial charge in [-0.3, -0.25) is 0 Å². The molecule has 38 heavy (non-hydrogen) atoms. The molecule has 8 nitrogen and oxygen atoms in total. The zero-order valence-corrected chi connectivity index (χ0v) is 21.2. The predicted molar refractivity (Wildman–Crippen MR) is 136 cm³/mol. The molecule has 1 fully saturated rings. The first kappa shape index (κ1) is 24.4. The molecule has 4 aromatic rings. The van der Waals surface area contributed by atoms with E-state index in [4.69, 9.17) is 9.72 Å². The Morgan fingerprint density at radius 3 is 2.74 bits per heavy atom. The largest absolute Gasteiger partial charge is 0.491 e. The number of anilines is 1. The fraction of sp³-hybridized carbons (Fsp3) is 0.407. The van der Waals surface area contributed by atoms with Crippen LogP contribution in [0.1, 0.15) is 29.8 Å². The Hall–Kier alpha value is -3.89. The highest BCUT2D eigenvalue weighted by Crippen LogP contribution is 2.37. The van der Waals surface area contributed by atoms with E-state index in [1.54, 1.807) is 19.3 Å². The molecule has 1 atom stereocenters. The van der Waals surface area contributed by atoms with E-state index in [0.29, 0.717) is 42.0 Å². The lowest BCUT2D eigenvalue weighted by Crippen LogP contribution is -2.31. The molecular weight excluding hydrogens is 495 g/mol. The first-order chi connectivity index (χ1) is 18.2. The van der Waals surface area contributed by atoms with Gasteiger partial charge in [0, 0.05) is 31.0 Å². The minimum absolute atomic E-state index is 0.0866. The summed E-state index contributed by atoms with van der Waals surface area (Å²) in [4.78, 5) is 16.0. The molecule has 1 aromatic carbocycles. The SMILES string of the molecule is Cc1nc(-c2cn3c(n2)-c2cnc(N4CCCC4Cc4ccccc4C)cc2OCC3)n(CC(F)(F)F)n1. The maximum absolute atomic E-state index is 13.1. The Morgan fingerprint density at radius 1 is 1.08 bits per heavy atom. The summed E-state index contributed by atoms with van der Waals surface area (Å²) < 4.78 is 48.2. The highest BCUT2D eigenvalue weighted by atomic mass is 19.4. The van der Waals surface area contributed by atoms with Gasteiger partial charge >= 0.3 is 6.18 Å². The third-order valence-electron chi connectivity index (χ3n) is 7.18. The van der Waals surface area contributed by atoms with Crippen LogP contribution in [0.5, 0.6) is 5.75 Å². The molecule has 6 rings (SSSR count). The van der Waals surface area contributed by atoms with Crippen molar-refractivity contribution in [3.05, 3.63) is 59.7 Å². The Balaban J connectivity index is 1.31. The summed E-state index contributed by atoms with van der Waals surface area (Å²) in [6.07, 6.45) is 2.20. The van der Waals surface area contributed by atoms with Crippen LogP contribution >= 0.6 is 0 Å². The van der Waals surface area contributed by atoms with Crippen LogP contribution in [0.3, 0.4) is 0 Å². The van der Waals surface area contributed by atoms with E-state index >= 15 is 0 Å². The van der Waals surface area contributed by atoms with Gasteiger partial charge < -0.3 is 14.2 Å². The van der Waals surface area contributed by atoms with Gasteiger partial charge in [0.25, 0.3) is 0 Å². The van der Waals surface area contributed by atoms with Gasteiger partial charge in [-0.25, -0.2) is 19.6 Å². The highest BCUT2D eigenvalue weighted by Gasteiger charge is 2.32. The molecule has 5 heterocycles. The molecule has 1 unspecified atom stereocenters. The summed E-state index contributed by atoms with van der Waals surface area (Å²) in [5.41, 5.74) is 3.67. The van der Waals surface area contributed by atoms with Gasteiger partial charge in [0.2, 0.25) is 0 Å². The number of alkyl halides is 3. The number of nitrogens with zero attached hydrogens (tertiary/aromatic N) is 7. The topological polar surface area (TPSA) is 73.9 Å². The summed E-state index contributed by atoms with van der Waals surface area (Å²) >= 11 is 0. The van der Waals surface area contributed by atoms with Crippen molar-refractivity contribution in [2.24, 2.45) is 0 Å². The van der Waals surface area contributed by atoms with Gasteiger partial charge in [-0.2, -0.15) is 18.3 Å². The lowest BCUT2D eigenvalue weighted by molar-refractivity contribution is -0.142. The fourth-order valence-electron chi connectivity index (χ4n) is 5.40. The van der Waals surface area contributed by atoms with E-state index in [2.05, 4.69) is 51.2 Å². The Morgan fingerprint density at radius 2 is 1.92 bits per heavy atom. The number of pyridine rings is 1. The van der Waals surface area contributed by atoms with Crippen molar-refractivity contribution in [1.82, 2.24) is 29.3 Å². The van der Waals surface area contributed by atoms with Gasteiger partial charge in [-0.1, -0.05) is 24.3 Å². The van der Waals surface area contributed by atoms with Crippen molar-refractivity contribution >= 4 is 5.82 Å². The summed E-state index contributed by atoms with van der Waals surface area (Å²) in [6.45, 7) is 4.31. The van der Waals surface area contributed by atoms with Crippen LogP contribution in [-0.4, -0.2) is 54.7 Å². The fourth-order valence-corrected chi connectivity index (χ4v) is 5.40. The maximum Gasteiger partial charge on any atom is 0.408 e. The summed E-state index contributed by atoms with van der Waals surface area (Å²) in [6, 6.07) is 10.8. The van der Waals surface area contributed by atoms with Crippen LogP contribution in [0.25, 0.3) is 22.9 Å². The number of halogens is 3. The quantitative estimate of drug-likeness (QED) is 0.367. The Kier molecular flexibility index (Phi) is 6.08. The second kappa shape index (κ2) is 9.45. The van der Waals surface area contributed by atoms with E-state index in [1.165, 1.54) is 11.1 Å². The molecular formula is C27H28F3N7O. The predicted octanol–water partition coefficient (Wildman–Crippen LogP) is 4.99. The minimum atomic E-state index is -4.42. The second-order valence-electron chi connectivity index (χ2n) is 9.91. The van der Waals surface area contributed by atoms with Crippen LogP contribution in [0.2, 0.25) is 0 Å².